The lowest BCUT2D eigenvalue weighted by Gasteiger charge is -2.11. The third kappa shape index (κ3) is 8.42. The number of ether oxygens (including phenoxy) is 6. The highest BCUT2D eigenvalue weighted by atomic mass is 16.7. The van der Waals surface area contributed by atoms with E-state index in [0.29, 0.717) is 11.5 Å². The van der Waals surface area contributed by atoms with Crippen LogP contribution in [0.2, 0.25) is 0 Å². The zero-order chi connectivity index (χ0) is 28.9. The summed E-state index contributed by atoms with van der Waals surface area (Å²) in [7, 11) is 0. The molecule has 40 heavy (non-hydrogen) atoms. The molecule has 0 aromatic heterocycles. The predicted molar refractivity (Wildman–Crippen MR) is 141 cm³/mol. The lowest BCUT2D eigenvalue weighted by Crippen LogP contribution is -2.11. The Morgan fingerprint density at radius 2 is 1.10 bits per heavy atom. The summed E-state index contributed by atoms with van der Waals surface area (Å²) in [5.41, 5.74) is 0.613. The molecule has 3 rings (SSSR count). The summed E-state index contributed by atoms with van der Waals surface area (Å²) in [6.45, 7) is 5.92. The lowest BCUT2D eigenvalue weighted by molar-refractivity contribution is -0.145. The summed E-state index contributed by atoms with van der Waals surface area (Å²) >= 11 is 0. The van der Waals surface area contributed by atoms with Crippen molar-refractivity contribution in [3.8, 4) is 23.0 Å². The molecule has 0 spiro atoms. The first-order valence-electron chi connectivity index (χ1n) is 11.5. The standard InChI is InChI=1S/C29H23NO10/c1-3-26(31)37-17-35-22-9-5-19(6-10-22)28(33)39-24-13-14-25(21(15-24)16-30)40-29(34)20-7-11-23(12-8-20)36-18-38-27(32)4-2/h3-16,30H,1-2,17-18H2. The zero-order valence-electron chi connectivity index (χ0n) is 21.0. The smallest absolute Gasteiger partial charge is 0.343 e. The predicted octanol–water partition coefficient (Wildman–Crippen LogP) is 4.25. The van der Waals surface area contributed by atoms with Gasteiger partial charge in [0.1, 0.15) is 23.0 Å². The highest BCUT2D eigenvalue weighted by Crippen LogP contribution is 2.25. The summed E-state index contributed by atoms with van der Waals surface area (Å²) in [6, 6.07) is 16.0. The fraction of sp³-hybridized carbons (Fsp3) is 0.0690. The van der Waals surface area contributed by atoms with Crippen molar-refractivity contribution in [2.75, 3.05) is 13.6 Å². The Kier molecular flexibility index (Phi) is 10.3. The largest absolute Gasteiger partial charge is 0.457 e. The van der Waals surface area contributed by atoms with Crippen LogP contribution in [0.4, 0.5) is 0 Å². The van der Waals surface area contributed by atoms with Crippen molar-refractivity contribution in [2.24, 2.45) is 0 Å². The van der Waals surface area contributed by atoms with E-state index in [1.807, 2.05) is 0 Å². The average molecular weight is 546 g/mol. The third-order valence-electron chi connectivity index (χ3n) is 4.92. The van der Waals surface area contributed by atoms with Gasteiger partial charge in [-0.15, -0.1) is 0 Å². The van der Waals surface area contributed by atoms with Crippen LogP contribution in [-0.2, 0) is 19.1 Å². The van der Waals surface area contributed by atoms with Gasteiger partial charge in [0.2, 0.25) is 13.6 Å². The van der Waals surface area contributed by atoms with Crippen molar-refractivity contribution >= 4 is 30.1 Å². The number of carbonyl (C=O) groups excluding carboxylic acids is 4. The molecule has 0 aliphatic carbocycles. The third-order valence-corrected chi connectivity index (χ3v) is 4.92. The van der Waals surface area contributed by atoms with E-state index in [0.717, 1.165) is 18.4 Å². The molecule has 0 bridgehead atoms. The first-order chi connectivity index (χ1) is 19.3. The van der Waals surface area contributed by atoms with E-state index >= 15 is 0 Å². The number of nitrogens with one attached hydrogen (secondary N) is 1. The van der Waals surface area contributed by atoms with Gasteiger partial charge in [-0.2, -0.15) is 0 Å². The maximum absolute atomic E-state index is 12.6. The molecule has 0 unspecified atom stereocenters. The van der Waals surface area contributed by atoms with Gasteiger partial charge in [-0.3, -0.25) is 0 Å². The van der Waals surface area contributed by atoms with Crippen LogP contribution in [0.15, 0.2) is 92.0 Å². The van der Waals surface area contributed by atoms with Crippen LogP contribution in [0, 0.1) is 5.41 Å². The number of rotatable bonds is 13. The minimum atomic E-state index is -0.695. The van der Waals surface area contributed by atoms with E-state index in [9.17, 15) is 19.2 Å². The monoisotopic (exact) mass is 545 g/mol. The molecule has 1 N–H and O–H groups in total. The summed E-state index contributed by atoms with van der Waals surface area (Å²) in [4.78, 5) is 47.2. The van der Waals surface area contributed by atoms with Gasteiger partial charge in [0.25, 0.3) is 0 Å². The Morgan fingerprint density at radius 3 is 1.55 bits per heavy atom. The fourth-order valence-corrected chi connectivity index (χ4v) is 2.92. The van der Waals surface area contributed by atoms with Gasteiger partial charge in [-0.1, -0.05) is 13.2 Å². The number of benzene rings is 3. The summed E-state index contributed by atoms with van der Waals surface area (Å²) < 4.78 is 30.7. The Balaban J connectivity index is 1.57. The van der Waals surface area contributed by atoms with Crippen LogP contribution in [0.1, 0.15) is 26.3 Å². The molecule has 0 saturated carbocycles. The molecule has 0 amide bonds. The van der Waals surface area contributed by atoms with Crippen molar-refractivity contribution in [3.05, 3.63) is 109 Å². The highest BCUT2D eigenvalue weighted by molar-refractivity contribution is 5.94. The van der Waals surface area contributed by atoms with Crippen molar-refractivity contribution in [1.82, 2.24) is 0 Å². The Hall–Kier alpha value is -5.71. The SMILES string of the molecule is C=CC(=O)OCOc1ccc(C(=O)Oc2ccc(OC(=O)c3ccc(OCOC(=O)C=C)cc3)c(C=N)c2)cc1. The van der Waals surface area contributed by atoms with Gasteiger partial charge in [0.15, 0.2) is 0 Å². The number of hydrogen-bond acceptors (Lipinski definition) is 11. The zero-order valence-corrected chi connectivity index (χ0v) is 21.0. The van der Waals surface area contributed by atoms with Crippen LogP contribution in [0.5, 0.6) is 23.0 Å². The molecule has 0 heterocycles. The van der Waals surface area contributed by atoms with Gasteiger partial charge >= 0.3 is 23.9 Å². The van der Waals surface area contributed by atoms with Crippen LogP contribution in [0.3, 0.4) is 0 Å². The van der Waals surface area contributed by atoms with Gasteiger partial charge in [0, 0.05) is 23.9 Å². The van der Waals surface area contributed by atoms with Crippen molar-refractivity contribution < 1.29 is 47.6 Å². The molecular formula is C29H23NO10. The van der Waals surface area contributed by atoms with Gasteiger partial charge in [0.05, 0.1) is 11.1 Å². The molecule has 0 saturated heterocycles. The maximum Gasteiger partial charge on any atom is 0.343 e. The van der Waals surface area contributed by atoms with Crippen LogP contribution in [0.25, 0.3) is 0 Å². The molecule has 0 aliphatic heterocycles. The molecule has 0 atom stereocenters. The van der Waals surface area contributed by atoms with E-state index < -0.39 is 23.9 Å². The molecule has 11 nitrogen and oxygen atoms in total. The number of carbonyl (C=O) groups is 4. The van der Waals surface area contributed by atoms with Crippen molar-refractivity contribution in [2.45, 2.75) is 0 Å². The van der Waals surface area contributed by atoms with E-state index in [1.165, 1.54) is 66.7 Å². The Bertz CT molecular complexity index is 1410. The van der Waals surface area contributed by atoms with E-state index in [4.69, 9.17) is 33.8 Å². The first kappa shape index (κ1) is 28.9. The second-order valence-electron chi connectivity index (χ2n) is 7.53. The molecule has 0 aliphatic rings. The second kappa shape index (κ2) is 14.3. The molecule has 3 aromatic rings. The molecule has 204 valence electrons. The Morgan fingerprint density at radius 1 is 0.650 bits per heavy atom. The maximum atomic E-state index is 12.6. The van der Waals surface area contributed by atoms with Crippen molar-refractivity contribution in [1.29, 1.82) is 5.41 Å². The van der Waals surface area contributed by atoms with Crippen molar-refractivity contribution in [3.63, 3.8) is 0 Å². The van der Waals surface area contributed by atoms with Gasteiger partial charge in [-0.05, 0) is 66.7 Å². The first-order valence-corrected chi connectivity index (χ1v) is 11.5. The minimum absolute atomic E-state index is 0.0788. The van der Waals surface area contributed by atoms with Crippen LogP contribution in [-0.4, -0.2) is 43.7 Å². The van der Waals surface area contributed by atoms with E-state index in [1.54, 1.807) is 0 Å². The second-order valence-corrected chi connectivity index (χ2v) is 7.53. The topological polar surface area (TPSA) is 148 Å². The summed E-state index contributed by atoms with van der Waals surface area (Å²) in [6.07, 6.45) is 2.97. The van der Waals surface area contributed by atoms with E-state index in [-0.39, 0.29) is 41.8 Å². The number of hydrogen-bond donors (Lipinski definition) is 1. The van der Waals surface area contributed by atoms with Crippen LogP contribution >= 0.6 is 0 Å². The summed E-state index contributed by atoms with van der Waals surface area (Å²) in [5, 5.41) is 7.67. The highest BCUT2D eigenvalue weighted by Gasteiger charge is 2.15. The fourth-order valence-electron chi connectivity index (χ4n) is 2.92. The average Bonchev–Trinajstić information content (AvgIpc) is 2.98. The lowest BCUT2D eigenvalue weighted by atomic mass is 10.2. The van der Waals surface area contributed by atoms with Crippen LogP contribution < -0.4 is 18.9 Å². The molecule has 11 heteroatoms. The summed E-state index contributed by atoms with van der Waals surface area (Å²) in [5.74, 6) is -1.71. The van der Waals surface area contributed by atoms with E-state index in [2.05, 4.69) is 13.2 Å². The Labute approximate surface area is 228 Å². The quantitative estimate of drug-likeness (QED) is 0.109. The molecule has 0 radical (unpaired) electrons. The van der Waals surface area contributed by atoms with Gasteiger partial charge < -0.3 is 33.8 Å². The molecular weight excluding hydrogens is 522 g/mol. The molecule has 3 aromatic carbocycles. The van der Waals surface area contributed by atoms with Gasteiger partial charge in [-0.25, -0.2) is 19.2 Å². The molecule has 0 fully saturated rings. The number of esters is 4. The minimum Gasteiger partial charge on any atom is -0.457 e. The normalized spacial score (nSPS) is 9.90.